The monoisotopic (exact) mass is 586 g/mol. The van der Waals surface area contributed by atoms with Crippen LogP contribution < -0.4 is 0 Å². The number of aromatic nitrogens is 2. The van der Waals surface area contributed by atoms with Crippen LogP contribution in [0.25, 0.3) is 77.5 Å². The molecular weight excluding hydrogens is 556 g/mol. The van der Waals surface area contributed by atoms with E-state index in [1.165, 1.54) is 66.1 Å². The molecule has 0 fully saturated rings. The summed E-state index contributed by atoms with van der Waals surface area (Å²) in [6.45, 7) is 0. The van der Waals surface area contributed by atoms with E-state index in [0.29, 0.717) is 0 Å². The van der Waals surface area contributed by atoms with E-state index in [9.17, 15) is 0 Å². The maximum absolute atomic E-state index is 2.47. The molecule has 9 rings (SSSR count). The molecular formula is C44H30N2. The molecule has 0 radical (unpaired) electrons. The third-order valence-corrected chi connectivity index (χ3v) is 9.15. The van der Waals surface area contributed by atoms with Crippen molar-refractivity contribution in [3.8, 4) is 44.8 Å². The van der Waals surface area contributed by atoms with Gasteiger partial charge in [0.25, 0.3) is 0 Å². The van der Waals surface area contributed by atoms with Gasteiger partial charge in [-0.25, -0.2) is 0 Å². The van der Waals surface area contributed by atoms with E-state index in [2.05, 4.69) is 191 Å². The first-order valence-electron chi connectivity index (χ1n) is 15.8. The zero-order chi connectivity index (χ0) is 30.5. The Labute approximate surface area is 268 Å². The molecule has 46 heavy (non-hydrogen) atoms. The second kappa shape index (κ2) is 10.8. The van der Waals surface area contributed by atoms with Crippen LogP contribution in [0.1, 0.15) is 0 Å². The summed E-state index contributed by atoms with van der Waals surface area (Å²) in [6, 6.07) is 63.4. The average molecular weight is 587 g/mol. The quantitative estimate of drug-likeness (QED) is 0.190. The molecule has 0 atom stereocenters. The van der Waals surface area contributed by atoms with Crippen molar-refractivity contribution in [3.63, 3.8) is 0 Å². The largest absolute Gasteiger partial charge is 0.316 e. The summed E-state index contributed by atoms with van der Waals surface area (Å²) in [5.41, 5.74) is 13.2. The molecule has 0 bridgehead atoms. The Balaban J connectivity index is 1.28. The van der Waals surface area contributed by atoms with Crippen LogP contribution >= 0.6 is 0 Å². The first kappa shape index (κ1) is 26.3. The fourth-order valence-corrected chi connectivity index (χ4v) is 6.95. The third kappa shape index (κ3) is 4.35. The fourth-order valence-electron chi connectivity index (χ4n) is 6.95. The van der Waals surface area contributed by atoms with Crippen LogP contribution in [-0.4, -0.2) is 9.13 Å². The summed E-state index contributed by atoms with van der Waals surface area (Å²) in [5.74, 6) is 0. The Morgan fingerprint density at radius 3 is 1.48 bits per heavy atom. The highest BCUT2D eigenvalue weighted by Gasteiger charge is 2.18. The summed E-state index contributed by atoms with van der Waals surface area (Å²) in [6.07, 6.45) is 2.21. The second-order valence-corrected chi connectivity index (χ2v) is 11.8. The van der Waals surface area contributed by atoms with Gasteiger partial charge in [0.15, 0.2) is 0 Å². The minimum atomic E-state index is 1.15. The van der Waals surface area contributed by atoms with Crippen molar-refractivity contribution in [2.45, 2.75) is 0 Å². The molecule has 0 saturated carbocycles. The maximum atomic E-state index is 2.47. The van der Waals surface area contributed by atoms with Crippen molar-refractivity contribution < 1.29 is 0 Å². The molecule has 0 spiro atoms. The van der Waals surface area contributed by atoms with E-state index < -0.39 is 0 Å². The van der Waals surface area contributed by atoms with Gasteiger partial charge in [-0.05, 0) is 81.9 Å². The van der Waals surface area contributed by atoms with E-state index in [1.807, 2.05) is 0 Å². The van der Waals surface area contributed by atoms with E-state index in [-0.39, 0.29) is 0 Å². The summed E-state index contributed by atoms with van der Waals surface area (Å²) >= 11 is 0. The Morgan fingerprint density at radius 2 is 0.848 bits per heavy atom. The predicted octanol–water partition coefficient (Wildman–Crippen LogP) is 11.7. The minimum Gasteiger partial charge on any atom is -0.316 e. The van der Waals surface area contributed by atoms with E-state index in [4.69, 9.17) is 0 Å². The maximum Gasteiger partial charge on any atom is 0.0635 e. The molecule has 7 aromatic carbocycles. The summed E-state index contributed by atoms with van der Waals surface area (Å²) in [4.78, 5) is 0. The van der Waals surface area contributed by atoms with E-state index in [1.54, 1.807) is 0 Å². The second-order valence-electron chi connectivity index (χ2n) is 11.8. The molecule has 0 unspecified atom stereocenters. The summed E-state index contributed by atoms with van der Waals surface area (Å²) < 4.78 is 4.77. The van der Waals surface area contributed by atoms with Crippen molar-refractivity contribution in [1.29, 1.82) is 0 Å². The third-order valence-electron chi connectivity index (χ3n) is 9.15. The van der Waals surface area contributed by atoms with Crippen LogP contribution in [0.2, 0.25) is 0 Å². The Bertz CT molecular complexity index is 2430. The lowest BCUT2D eigenvalue weighted by Crippen LogP contribution is -1.97. The van der Waals surface area contributed by atoms with Crippen molar-refractivity contribution in [1.82, 2.24) is 9.13 Å². The number of hydrogen-bond acceptors (Lipinski definition) is 0. The number of benzene rings is 7. The number of nitrogens with zero attached hydrogens (tertiary/aromatic N) is 2. The molecule has 0 aliphatic heterocycles. The molecule has 2 heterocycles. The van der Waals surface area contributed by atoms with Crippen molar-refractivity contribution >= 4 is 32.7 Å². The molecule has 9 aromatic rings. The lowest BCUT2D eigenvalue weighted by atomic mass is 9.98. The molecule has 216 valence electrons. The topological polar surface area (TPSA) is 9.86 Å². The first-order valence-corrected chi connectivity index (χ1v) is 15.8. The van der Waals surface area contributed by atoms with Crippen molar-refractivity contribution in [2.24, 2.45) is 0 Å². The van der Waals surface area contributed by atoms with Gasteiger partial charge in [-0.1, -0.05) is 127 Å². The fraction of sp³-hybridized carbons (Fsp3) is 0. The van der Waals surface area contributed by atoms with Crippen LogP contribution in [0.4, 0.5) is 0 Å². The SMILES string of the molecule is c1ccc(-c2ccc(-n3ccc4c3ccc3c5ccccc5n(-c5cc(-c6ccccc6)cc(-c6ccccc6)c5)c34)cc2)cc1. The standard InChI is InChI=1S/C44H30N2/c1-4-12-31(13-5-1)34-20-22-37(23-21-34)45-27-26-41-42(45)25-24-40-39-18-10-11-19-43(39)46(44(40)41)38-29-35(32-14-6-2-7-15-32)28-36(30-38)33-16-8-3-9-17-33/h1-30H. The van der Waals surface area contributed by atoms with Gasteiger partial charge in [0.1, 0.15) is 0 Å². The molecule has 0 amide bonds. The van der Waals surface area contributed by atoms with Gasteiger partial charge in [-0.2, -0.15) is 0 Å². The number of para-hydroxylation sites is 1. The molecule has 2 heteroatoms. The number of fused-ring (bicyclic) bond motifs is 5. The highest BCUT2D eigenvalue weighted by molar-refractivity contribution is 6.18. The van der Waals surface area contributed by atoms with Gasteiger partial charge in [-0.3, -0.25) is 0 Å². The van der Waals surface area contributed by atoms with Crippen LogP contribution in [0.3, 0.4) is 0 Å². The highest BCUT2D eigenvalue weighted by Crippen LogP contribution is 2.39. The van der Waals surface area contributed by atoms with Gasteiger partial charge in [-0.15, -0.1) is 0 Å². The van der Waals surface area contributed by atoms with Crippen LogP contribution in [-0.2, 0) is 0 Å². The van der Waals surface area contributed by atoms with Gasteiger partial charge < -0.3 is 9.13 Å². The van der Waals surface area contributed by atoms with Crippen molar-refractivity contribution in [3.05, 3.63) is 182 Å². The van der Waals surface area contributed by atoms with Crippen LogP contribution in [0, 0.1) is 0 Å². The summed E-state index contributed by atoms with van der Waals surface area (Å²) in [7, 11) is 0. The molecule has 0 N–H and O–H groups in total. The Kier molecular flexibility index (Phi) is 6.17. The molecule has 0 aliphatic carbocycles. The predicted molar refractivity (Wildman–Crippen MR) is 194 cm³/mol. The van der Waals surface area contributed by atoms with Crippen molar-refractivity contribution in [2.75, 3.05) is 0 Å². The summed E-state index contributed by atoms with van der Waals surface area (Å²) in [5, 5.41) is 3.74. The zero-order valence-corrected chi connectivity index (χ0v) is 25.2. The van der Waals surface area contributed by atoms with Crippen LogP contribution in [0.15, 0.2) is 182 Å². The zero-order valence-electron chi connectivity index (χ0n) is 25.2. The molecule has 2 nitrogen and oxygen atoms in total. The van der Waals surface area contributed by atoms with Gasteiger partial charge in [0.05, 0.1) is 16.6 Å². The average Bonchev–Trinajstić information content (AvgIpc) is 3.72. The number of rotatable bonds is 5. The highest BCUT2D eigenvalue weighted by atomic mass is 15.0. The first-order chi connectivity index (χ1) is 22.8. The number of hydrogen-bond donors (Lipinski definition) is 0. The van der Waals surface area contributed by atoms with Gasteiger partial charge in [0.2, 0.25) is 0 Å². The van der Waals surface area contributed by atoms with Gasteiger partial charge in [0, 0.05) is 33.7 Å². The van der Waals surface area contributed by atoms with E-state index in [0.717, 1.165) is 11.4 Å². The van der Waals surface area contributed by atoms with Crippen LogP contribution in [0.5, 0.6) is 0 Å². The normalized spacial score (nSPS) is 11.5. The molecule has 0 saturated heterocycles. The molecule has 0 aliphatic rings. The van der Waals surface area contributed by atoms with E-state index >= 15 is 0 Å². The minimum absolute atomic E-state index is 1.15. The molecule has 2 aromatic heterocycles. The Hall–Kier alpha value is -6.12. The smallest absolute Gasteiger partial charge is 0.0635 e. The lowest BCUT2D eigenvalue weighted by molar-refractivity contribution is 1.13. The van der Waals surface area contributed by atoms with Gasteiger partial charge >= 0.3 is 0 Å². The Morgan fingerprint density at radius 1 is 0.304 bits per heavy atom. The lowest BCUT2D eigenvalue weighted by Gasteiger charge is -2.14.